The van der Waals surface area contributed by atoms with Crippen LogP contribution in [0.15, 0.2) is 30.3 Å². The van der Waals surface area contributed by atoms with Crippen molar-refractivity contribution in [2.45, 2.75) is 18.1 Å². The van der Waals surface area contributed by atoms with Crippen molar-refractivity contribution in [2.75, 3.05) is 18.1 Å². The summed E-state index contributed by atoms with van der Waals surface area (Å²) in [7, 11) is 0. The molecule has 0 unspecified atom stereocenters. The lowest BCUT2D eigenvalue weighted by Crippen LogP contribution is -2.47. The first kappa shape index (κ1) is 13.5. The maximum absolute atomic E-state index is 12.4. The smallest absolute Gasteiger partial charge is 0.325 e. The fraction of sp³-hybridized carbons (Fsp3) is 0.429. The van der Waals surface area contributed by atoms with E-state index in [4.69, 9.17) is 0 Å². The van der Waals surface area contributed by atoms with E-state index < -0.39 is 17.7 Å². The van der Waals surface area contributed by atoms with Gasteiger partial charge in [-0.1, -0.05) is 30.3 Å². The van der Waals surface area contributed by atoms with Gasteiger partial charge >= 0.3 is 6.03 Å². The third kappa shape index (κ3) is 2.19. The van der Waals surface area contributed by atoms with Gasteiger partial charge in [0, 0.05) is 5.75 Å². The molecule has 3 rings (SSSR count). The van der Waals surface area contributed by atoms with Crippen LogP contribution in [0.5, 0.6) is 0 Å². The van der Waals surface area contributed by atoms with Gasteiger partial charge in [-0.25, -0.2) is 4.79 Å². The molecule has 0 radical (unpaired) electrons. The molecule has 2 fully saturated rings. The van der Waals surface area contributed by atoms with Gasteiger partial charge in [0.25, 0.3) is 5.91 Å². The number of amides is 3. The fourth-order valence-corrected chi connectivity index (χ4v) is 3.95. The lowest BCUT2D eigenvalue weighted by molar-refractivity contribution is -0.131. The van der Waals surface area contributed by atoms with Crippen LogP contribution in [-0.2, 0) is 4.79 Å². The molecule has 1 aromatic rings. The van der Waals surface area contributed by atoms with Crippen molar-refractivity contribution in [3.05, 3.63) is 35.9 Å². The van der Waals surface area contributed by atoms with Crippen molar-refractivity contribution < 1.29 is 14.7 Å². The number of carbonyl (C=O) groups excluding carboxylic acids is 2. The van der Waals surface area contributed by atoms with Gasteiger partial charge in [-0.05, 0) is 17.7 Å². The molecule has 0 bridgehead atoms. The number of benzene rings is 1. The SMILES string of the molecule is O=C1N[C@]2(CCSC2)C(=O)N1C[C@@H](O)c1ccccc1. The van der Waals surface area contributed by atoms with Gasteiger partial charge in [-0.2, -0.15) is 11.8 Å². The molecule has 5 nitrogen and oxygen atoms in total. The van der Waals surface area contributed by atoms with Gasteiger partial charge in [-0.15, -0.1) is 0 Å². The number of hydrogen-bond donors (Lipinski definition) is 2. The topological polar surface area (TPSA) is 69.6 Å². The highest BCUT2D eigenvalue weighted by Crippen LogP contribution is 2.34. The average Bonchev–Trinajstić information content (AvgIpc) is 3.01. The van der Waals surface area contributed by atoms with Gasteiger partial charge in [-0.3, -0.25) is 9.69 Å². The van der Waals surface area contributed by atoms with E-state index in [-0.39, 0.29) is 12.5 Å². The van der Waals surface area contributed by atoms with Crippen molar-refractivity contribution >= 4 is 23.7 Å². The Morgan fingerprint density at radius 2 is 2.10 bits per heavy atom. The molecular formula is C14H16N2O3S. The third-order valence-corrected chi connectivity index (χ3v) is 5.00. The minimum atomic E-state index is -0.852. The number of aliphatic hydroxyl groups excluding tert-OH is 1. The van der Waals surface area contributed by atoms with Crippen LogP contribution < -0.4 is 5.32 Å². The van der Waals surface area contributed by atoms with Crippen LogP contribution in [0.3, 0.4) is 0 Å². The molecule has 1 spiro atoms. The summed E-state index contributed by atoms with van der Waals surface area (Å²) in [6.45, 7) is 0.00109. The monoisotopic (exact) mass is 292 g/mol. The lowest BCUT2D eigenvalue weighted by atomic mass is 9.99. The van der Waals surface area contributed by atoms with Gasteiger partial charge in [0.2, 0.25) is 0 Å². The summed E-state index contributed by atoms with van der Waals surface area (Å²) in [5.74, 6) is 1.29. The highest BCUT2D eigenvalue weighted by Gasteiger charge is 2.53. The fourth-order valence-electron chi connectivity index (χ4n) is 2.63. The Balaban J connectivity index is 1.74. The average molecular weight is 292 g/mol. The van der Waals surface area contributed by atoms with Gasteiger partial charge in [0.15, 0.2) is 0 Å². The van der Waals surface area contributed by atoms with Crippen molar-refractivity contribution in [3.63, 3.8) is 0 Å². The molecule has 6 heteroatoms. The summed E-state index contributed by atoms with van der Waals surface area (Å²) in [5, 5.41) is 13.0. The largest absolute Gasteiger partial charge is 0.387 e. The van der Waals surface area contributed by atoms with E-state index in [2.05, 4.69) is 5.32 Å². The quantitative estimate of drug-likeness (QED) is 0.820. The number of carbonyl (C=O) groups is 2. The highest BCUT2D eigenvalue weighted by atomic mass is 32.2. The summed E-state index contributed by atoms with van der Waals surface area (Å²) in [4.78, 5) is 25.6. The predicted molar refractivity (Wildman–Crippen MR) is 76.3 cm³/mol. The second kappa shape index (κ2) is 5.10. The van der Waals surface area contributed by atoms with Crippen LogP contribution in [0.2, 0.25) is 0 Å². The lowest BCUT2D eigenvalue weighted by Gasteiger charge is -2.21. The summed E-state index contributed by atoms with van der Waals surface area (Å²) in [5.41, 5.74) is -0.0344. The van der Waals surface area contributed by atoms with E-state index >= 15 is 0 Å². The zero-order valence-corrected chi connectivity index (χ0v) is 11.7. The minimum Gasteiger partial charge on any atom is -0.387 e. The van der Waals surface area contributed by atoms with Gasteiger partial charge in [0.1, 0.15) is 5.54 Å². The molecule has 0 aromatic heterocycles. The molecule has 3 amide bonds. The van der Waals surface area contributed by atoms with Crippen LogP contribution in [0.4, 0.5) is 4.79 Å². The first-order chi connectivity index (χ1) is 9.62. The Morgan fingerprint density at radius 3 is 2.75 bits per heavy atom. The van der Waals surface area contributed by atoms with E-state index in [1.54, 1.807) is 23.9 Å². The molecule has 106 valence electrons. The second-order valence-corrected chi connectivity index (χ2v) is 6.26. The molecule has 0 aliphatic carbocycles. The van der Waals surface area contributed by atoms with Crippen molar-refractivity contribution in [1.29, 1.82) is 0 Å². The first-order valence-corrected chi connectivity index (χ1v) is 7.73. The van der Waals surface area contributed by atoms with E-state index in [0.717, 1.165) is 10.7 Å². The Hall–Kier alpha value is -1.53. The molecule has 2 saturated heterocycles. The molecule has 2 heterocycles. The normalized spacial score (nSPS) is 27.1. The van der Waals surface area contributed by atoms with E-state index in [9.17, 15) is 14.7 Å². The van der Waals surface area contributed by atoms with E-state index in [1.807, 2.05) is 18.2 Å². The minimum absolute atomic E-state index is 0.00109. The maximum atomic E-state index is 12.4. The standard InChI is InChI=1S/C14H16N2O3S/c17-11(10-4-2-1-3-5-10)8-16-12(18)14(15-13(16)19)6-7-20-9-14/h1-5,11,17H,6-9H2,(H,15,19)/t11-,14+/m1/s1. The predicted octanol–water partition coefficient (Wildman–Crippen LogP) is 1.15. The van der Waals surface area contributed by atoms with E-state index in [1.165, 1.54) is 0 Å². The number of aliphatic hydroxyl groups is 1. The van der Waals surface area contributed by atoms with E-state index in [0.29, 0.717) is 17.7 Å². The number of β-amino-alcohol motifs (C(OH)–C–C–N with tert-alkyl or cyclic N) is 1. The first-order valence-electron chi connectivity index (χ1n) is 6.57. The molecular weight excluding hydrogens is 276 g/mol. The van der Waals surface area contributed by atoms with Crippen molar-refractivity contribution in [3.8, 4) is 0 Å². The molecule has 2 N–H and O–H groups in total. The zero-order chi connectivity index (χ0) is 14.2. The Morgan fingerprint density at radius 1 is 1.35 bits per heavy atom. The molecule has 1 aromatic carbocycles. The van der Waals surface area contributed by atoms with Gasteiger partial charge in [0.05, 0.1) is 12.6 Å². The number of rotatable bonds is 3. The third-order valence-electron chi connectivity index (χ3n) is 3.81. The van der Waals surface area contributed by atoms with Gasteiger partial charge < -0.3 is 10.4 Å². The van der Waals surface area contributed by atoms with Crippen LogP contribution in [0, 0.1) is 0 Å². The number of nitrogens with zero attached hydrogens (tertiary/aromatic N) is 1. The van der Waals surface area contributed by atoms with Crippen LogP contribution in [0.1, 0.15) is 18.1 Å². The van der Waals surface area contributed by atoms with Crippen LogP contribution in [-0.4, -0.2) is 45.5 Å². The Kier molecular flexibility index (Phi) is 3.43. The molecule has 2 atom stereocenters. The number of urea groups is 1. The maximum Gasteiger partial charge on any atom is 0.325 e. The number of nitrogens with one attached hydrogen (secondary N) is 1. The molecule has 0 saturated carbocycles. The number of hydrogen-bond acceptors (Lipinski definition) is 4. The second-order valence-electron chi connectivity index (χ2n) is 5.16. The summed E-state index contributed by atoms with van der Waals surface area (Å²) >= 11 is 1.67. The molecule has 20 heavy (non-hydrogen) atoms. The van der Waals surface area contributed by atoms with Crippen molar-refractivity contribution in [1.82, 2.24) is 10.2 Å². The number of thioether (sulfide) groups is 1. The van der Waals surface area contributed by atoms with Crippen LogP contribution in [0.25, 0.3) is 0 Å². The summed E-state index contributed by atoms with van der Waals surface area (Å²) < 4.78 is 0. The summed E-state index contributed by atoms with van der Waals surface area (Å²) in [6.07, 6.45) is -0.185. The van der Waals surface area contributed by atoms with Crippen molar-refractivity contribution in [2.24, 2.45) is 0 Å². The zero-order valence-electron chi connectivity index (χ0n) is 10.9. The molecule has 2 aliphatic heterocycles. The summed E-state index contributed by atoms with van der Waals surface area (Å²) in [6, 6.07) is 8.66. The Labute approximate surface area is 121 Å². The number of imide groups is 1. The molecule has 2 aliphatic rings. The highest BCUT2D eigenvalue weighted by molar-refractivity contribution is 7.99. The van der Waals surface area contributed by atoms with Crippen LogP contribution >= 0.6 is 11.8 Å². The Bertz CT molecular complexity index is 528.